The molecule has 2 atom stereocenters. The summed E-state index contributed by atoms with van der Waals surface area (Å²) in [6.45, 7) is 4.32. The van der Waals surface area contributed by atoms with E-state index in [2.05, 4.69) is 38.1 Å². The fourth-order valence-corrected chi connectivity index (χ4v) is 2.87. The minimum absolute atomic E-state index is 0.321. The Labute approximate surface area is 116 Å². The second-order valence-corrected chi connectivity index (χ2v) is 5.34. The second-order valence-electron chi connectivity index (χ2n) is 5.34. The molecule has 0 heterocycles. The Hall–Kier alpha value is -1.31. The number of hydrogen-bond donors (Lipinski definition) is 1. The topological polar surface area (TPSA) is 37.3 Å². The van der Waals surface area contributed by atoms with Gasteiger partial charge in [-0.25, -0.2) is 0 Å². The van der Waals surface area contributed by atoms with Crippen molar-refractivity contribution in [2.45, 2.75) is 52.4 Å². The van der Waals surface area contributed by atoms with Crippen LogP contribution in [0.15, 0.2) is 30.3 Å². The number of aryl methyl sites for hydroxylation is 1. The lowest BCUT2D eigenvalue weighted by molar-refractivity contribution is -0.138. The lowest BCUT2D eigenvalue weighted by Gasteiger charge is -2.24. The van der Waals surface area contributed by atoms with E-state index in [9.17, 15) is 4.79 Å². The van der Waals surface area contributed by atoms with E-state index in [1.807, 2.05) is 6.07 Å². The maximum absolute atomic E-state index is 11.0. The number of rotatable bonds is 9. The van der Waals surface area contributed by atoms with Crippen molar-refractivity contribution in [1.82, 2.24) is 0 Å². The molecule has 2 heteroatoms. The molecule has 1 N–H and O–H groups in total. The minimum atomic E-state index is -0.656. The highest BCUT2D eigenvalue weighted by atomic mass is 16.4. The van der Waals surface area contributed by atoms with Crippen molar-refractivity contribution in [2.75, 3.05) is 0 Å². The largest absolute Gasteiger partial charge is 0.481 e. The maximum Gasteiger partial charge on any atom is 0.303 e. The molecule has 0 bridgehead atoms. The predicted octanol–water partition coefficient (Wildman–Crippen LogP) is 4.54. The Morgan fingerprint density at radius 3 is 2.32 bits per heavy atom. The standard InChI is InChI=1S/C17H26O2/c1-3-8-16(13-17(18)19)15(4-2)12-11-14-9-6-5-7-10-14/h5-7,9-10,15-16H,3-4,8,11-13H2,1-2H3,(H,18,19). The average molecular weight is 262 g/mol. The van der Waals surface area contributed by atoms with Crippen LogP contribution in [0, 0.1) is 11.8 Å². The number of benzene rings is 1. The Balaban J connectivity index is 2.56. The van der Waals surface area contributed by atoms with Crippen molar-refractivity contribution >= 4 is 5.97 Å². The van der Waals surface area contributed by atoms with Crippen LogP contribution in [0.5, 0.6) is 0 Å². The van der Waals surface area contributed by atoms with Gasteiger partial charge >= 0.3 is 5.97 Å². The average Bonchev–Trinajstić information content (AvgIpc) is 2.40. The molecule has 0 aliphatic rings. The van der Waals surface area contributed by atoms with Crippen molar-refractivity contribution in [3.8, 4) is 0 Å². The molecule has 1 aromatic rings. The first-order valence-electron chi connectivity index (χ1n) is 7.43. The second kappa shape index (κ2) is 8.73. The van der Waals surface area contributed by atoms with Gasteiger partial charge in [0.25, 0.3) is 0 Å². The number of carboxylic acids is 1. The van der Waals surface area contributed by atoms with Gasteiger partial charge in [0.05, 0.1) is 0 Å². The zero-order valence-electron chi connectivity index (χ0n) is 12.1. The molecule has 0 saturated carbocycles. The molecule has 19 heavy (non-hydrogen) atoms. The van der Waals surface area contributed by atoms with Crippen molar-refractivity contribution in [3.63, 3.8) is 0 Å². The summed E-state index contributed by atoms with van der Waals surface area (Å²) in [6.07, 6.45) is 5.64. The fraction of sp³-hybridized carbons (Fsp3) is 0.588. The molecule has 0 aliphatic carbocycles. The number of carbonyl (C=O) groups is 1. The monoisotopic (exact) mass is 262 g/mol. The molecule has 0 amide bonds. The summed E-state index contributed by atoms with van der Waals surface area (Å²) in [4.78, 5) is 11.0. The SMILES string of the molecule is CCCC(CC(=O)O)C(CC)CCc1ccccc1. The Kier molecular flexibility index (Phi) is 7.24. The Morgan fingerprint density at radius 2 is 1.79 bits per heavy atom. The molecule has 2 nitrogen and oxygen atoms in total. The molecule has 2 unspecified atom stereocenters. The lowest BCUT2D eigenvalue weighted by atomic mass is 9.80. The number of carboxylic acid groups (broad SMARTS) is 1. The summed E-state index contributed by atoms with van der Waals surface area (Å²) < 4.78 is 0. The predicted molar refractivity (Wildman–Crippen MR) is 79.2 cm³/mol. The van der Waals surface area contributed by atoms with E-state index in [1.165, 1.54) is 5.56 Å². The van der Waals surface area contributed by atoms with Gasteiger partial charge in [-0.15, -0.1) is 0 Å². The van der Waals surface area contributed by atoms with Crippen molar-refractivity contribution < 1.29 is 9.90 Å². The summed E-state index contributed by atoms with van der Waals surface area (Å²) in [5.74, 6) is 0.198. The highest BCUT2D eigenvalue weighted by molar-refractivity contribution is 5.67. The van der Waals surface area contributed by atoms with Gasteiger partial charge in [0.15, 0.2) is 0 Å². The third kappa shape index (κ3) is 5.91. The first kappa shape index (κ1) is 15.7. The smallest absolute Gasteiger partial charge is 0.303 e. The summed E-state index contributed by atoms with van der Waals surface area (Å²) >= 11 is 0. The first-order valence-corrected chi connectivity index (χ1v) is 7.43. The van der Waals surface area contributed by atoms with E-state index in [0.29, 0.717) is 18.3 Å². The van der Waals surface area contributed by atoms with Gasteiger partial charge in [0.1, 0.15) is 0 Å². The van der Waals surface area contributed by atoms with Crippen LogP contribution in [0.1, 0.15) is 51.5 Å². The molecule has 0 radical (unpaired) electrons. The molecule has 0 spiro atoms. The molecule has 0 aliphatic heterocycles. The molecule has 1 aromatic carbocycles. The third-order valence-electron chi connectivity index (χ3n) is 3.93. The molecule has 0 saturated heterocycles. The van der Waals surface area contributed by atoms with Gasteiger partial charge in [-0.3, -0.25) is 4.79 Å². The van der Waals surface area contributed by atoms with Crippen LogP contribution in [0.4, 0.5) is 0 Å². The van der Waals surface area contributed by atoms with E-state index >= 15 is 0 Å². The van der Waals surface area contributed by atoms with Crippen LogP contribution in [-0.4, -0.2) is 11.1 Å². The molecule has 0 fully saturated rings. The maximum atomic E-state index is 11.0. The summed E-state index contributed by atoms with van der Waals surface area (Å²) in [5.41, 5.74) is 1.35. The van der Waals surface area contributed by atoms with Crippen molar-refractivity contribution in [3.05, 3.63) is 35.9 Å². The summed E-state index contributed by atoms with van der Waals surface area (Å²) in [5, 5.41) is 9.04. The van der Waals surface area contributed by atoms with Crippen LogP contribution in [0.2, 0.25) is 0 Å². The third-order valence-corrected chi connectivity index (χ3v) is 3.93. The van der Waals surface area contributed by atoms with Gasteiger partial charge in [0.2, 0.25) is 0 Å². The van der Waals surface area contributed by atoms with Crippen LogP contribution in [0.3, 0.4) is 0 Å². The summed E-state index contributed by atoms with van der Waals surface area (Å²) in [7, 11) is 0. The molecule has 0 aromatic heterocycles. The molecular formula is C17H26O2. The van der Waals surface area contributed by atoms with E-state index in [4.69, 9.17) is 5.11 Å². The lowest BCUT2D eigenvalue weighted by Crippen LogP contribution is -2.18. The zero-order chi connectivity index (χ0) is 14.1. The fourth-order valence-electron chi connectivity index (χ4n) is 2.87. The van der Waals surface area contributed by atoms with Crippen LogP contribution >= 0.6 is 0 Å². The van der Waals surface area contributed by atoms with Gasteiger partial charge < -0.3 is 5.11 Å². The quantitative estimate of drug-likeness (QED) is 0.709. The Morgan fingerprint density at radius 1 is 1.11 bits per heavy atom. The number of hydrogen-bond acceptors (Lipinski definition) is 1. The van der Waals surface area contributed by atoms with E-state index < -0.39 is 5.97 Å². The van der Waals surface area contributed by atoms with Crippen LogP contribution in [-0.2, 0) is 11.2 Å². The summed E-state index contributed by atoms with van der Waals surface area (Å²) in [6, 6.07) is 10.5. The van der Waals surface area contributed by atoms with Crippen LogP contribution < -0.4 is 0 Å². The molecule has 106 valence electrons. The first-order chi connectivity index (χ1) is 9.17. The highest BCUT2D eigenvalue weighted by Crippen LogP contribution is 2.28. The van der Waals surface area contributed by atoms with E-state index in [1.54, 1.807) is 0 Å². The normalized spacial score (nSPS) is 14.0. The van der Waals surface area contributed by atoms with Gasteiger partial charge in [-0.05, 0) is 36.7 Å². The Bertz CT molecular complexity index is 359. The van der Waals surface area contributed by atoms with Gasteiger partial charge in [0, 0.05) is 6.42 Å². The molecular weight excluding hydrogens is 236 g/mol. The van der Waals surface area contributed by atoms with Crippen molar-refractivity contribution in [1.29, 1.82) is 0 Å². The van der Waals surface area contributed by atoms with Gasteiger partial charge in [-0.2, -0.15) is 0 Å². The van der Waals surface area contributed by atoms with E-state index in [-0.39, 0.29) is 0 Å². The highest BCUT2D eigenvalue weighted by Gasteiger charge is 2.21. The van der Waals surface area contributed by atoms with Crippen LogP contribution in [0.25, 0.3) is 0 Å². The van der Waals surface area contributed by atoms with Crippen molar-refractivity contribution in [2.24, 2.45) is 11.8 Å². The zero-order valence-corrected chi connectivity index (χ0v) is 12.1. The van der Waals surface area contributed by atoms with E-state index in [0.717, 1.165) is 32.1 Å². The van der Waals surface area contributed by atoms with Gasteiger partial charge in [-0.1, -0.05) is 57.0 Å². The number of aliphatic carboxylic acids is 1. The molecule has 1 rings (SSSR count). The minimum Gasteiger partial charge on any atom is -0.481 e.